The molecule has 1 aliphatic carbocycles. The molecule has 0 unspecified atom stereocenters. The van der Waals surface area contributed by atoms with E-state index in [-0.39, 0.29) is 17.1 Å². The second kappa shape index (κ2) is 3.56. The lowest BCUT2D eigenvalue weighted by molar-refractivity contribution is -0.573. The molecule has 0 aromatic rings. The highest BCUT2D eigenvalue weighted by molar-refractivity contribution is 5.79. The summed E-state index contributed by atoms with van der Waals surface area (Å²) in [6.07, 6.45) is 0.744. The predicted octanol–water partition coefficient (Wildman–Crippen LogP) is 1.16. The molecule has 1 fully saturated rings. The second-order valence-electron chi connectivity index (χ2n) is 4.98. The molecule has 0 spiro atoms. The van der Waals surface area contributed by atoms with Crippen LogP contribution in [0.4, 0.5) is 0 Å². The minimum absolute atomic E-state index is 0.127. The second-order valence-corrected chi connectivity index (χ2v) is 4.98. The molecule has 1 saturated carbocycles. The first-order chi connectivity index (χ1) is 6.69. The van der Waals surface area contributed by atoms with Crippen LogP contribution in [-0.4, -0.2) is 27.0 Å². The first-order valence-corrected chi connectivity index (χ1v) is 5.06. The van der Waals surface area contributed by atoms with Crippen molar-refractivity contribution in [2.24, 2.45) is 5.92 Å². The van der Waals surface area contributed by atoms with E-state index in [2.05, 4.69) is 0 Å². The Bertz CT molecular complexity index is 300. The summed E-state index contributed by atoms with van der Waals surface area (Å²) in [5, 5.41) is 20.8. The molecule has 15 heavy (non-hydrogen) atoms. The smallest absolute Gasteiger partial charge is 0.220 e. The summed E-state index contributed by atoms with van der Waals surface area (Å²) in [5.41, 5.74) is -2.17. The number of hydrogen-bond acceptors (Lipinski definition) is 4. The van der Waals surface area contributed by atoms with E-state index in [1.165, 1.54) is 13.8 Å². The fourth-order valence-electron chi connectivity index (χ4n) is 2.21. The topological polar surface area (TPSA) is 80.4 Å². The quantitative estimate of drug-likeness (QED) is 0.553. The van der Waals surface area contributed by atoms with Gasteiger partial charge in [0, 0.05) is 24.7 Å². The molecule has 0 heterocycles. The Labute approximate surface area is 88.6 Å². The van der Waals surface area contributed by atoms with Crippen LogP contribution in [0, 0.1) is 16.0 Å². The van der Waals surface area contributed by atoms with Crippen molar-refractivity contribution in [1.29, 1.82) is 0 Å². The Kier molecular flexibility index (Phi) is 2.87. The highest BCUT2D eigenvalue weighted by atomic mass is 16.6. The summed E-state index contributed by atoms with van der Waals surface area (Å²) in [5.74, 6) is -0.797. The van der Waals surface area contributed by atoms with E-state index < -0.39 is 17.1 Å². The van der Waals surface area contributed by atoms with Gasteiger partial charge in [-0.25, -0.2) is 0 Å². The Morgan fingerprint density at radius 3 is 2.40 bits per heavy atom. The van der Waals surface area contributed by atoms with Gasteiger partial charge in [0.1, 0.15) is 5.78 Å². The summed E-state index contributed by atoms with van der Waals surface area (Å²) < 4.78 is 0. The zero-order valence-electron chi connectivity index (χ0n) is 9.32. The maximum absolute atomic E-state index is 11.3. The third-order valence-electron chi connectivity index (χ3n) is 3.50. The molecule has 1 N–H and O–H groups in total. The molecule has 0 saturated heterocycles. The van der Waals surface area contributed by atoms with Gasteiger partial charge >= 0.3 is 0 Å². The van der Waals surface area contributed by atoms with Gasteiger partial charge < -0.3 is 5.11 Å². The number of Topliss-reactive ketones (excluding diaryl/α,β-unsaturated/α-hetero) is 1. The van der Waals surface area contributed by atoms with Crippen LogP contribution in [0.2, 0.25) is 0 Å². The van der Waals surface area contributed by atoms with Crippen molar-refractivity contribution >= 4 is 5.78 Å². The zero-order chi connectivity index (χ0) is 11.9. The average Bonchev–Trinajstić information content (AvgIpc) is 2.09. The third-order valence-corrected chi connectivity index (χ3v) is 3.50. The van der Waals surface area contributed by atoms with E-state index in [0.29, 0.717) is 12.8 Å². The number of hydrogen-bond donors (Lipinski definition) is 1. The molecule has 86 valence electrons. The van der Waals surface area contributed by atoms with Crippen LogP contribution in [0.5, 0.6) is 0 Å². The summed E-state index contributed by atoms with van der Waals surface area (Å²) >= 11 is 0. The van der Waals surface area contributed by atoms with Crippen molar-refractivity contribution in [3.05, 3.63) is 10.1 Å². The zero-order valence-corrected chi connectivity index (χ0v) is 9.32. The highest BCUT2D eigenvalue weighted by Gasteiger charge is 2.51. The normalized spacial score (nSPS) is 41.2. The fraction of sp³-hybridized carbons (Fsp3) is 0.900. The minimum Gasteiger partial charge on any atom is -0.389 e. The molecular weight excluding hydrogens is 198 g/mol. The largest absolute Gasteiger partial charge is 0.389 e. The Balaban J connectivity index is 2.93. The molecule has 3 atom stereocenters. The molecule has 0 aromatic carbocycles. The lowest BCUT2D eigenvalue weighted by Gasteiger charge is -2.40. The summed E-state index contributed by atoms with van der Waals surface area (Å²) in [7, 11) is 0. The number of ketones is 1. The lowest BCUT2D eigenvalue weighted by atomic mass is 9.67. The van der Waals surface area contributed by atoms with Crippen molar-refractivity contribution in [2.45, 2.75) is 51.2 Å². The van der Waals surface area contributed by atoms with E-state index in [9.17, 15) is 20.0 Å². The van der Waals surface area contributed by atoms with E-state index in [4.69, 9.17) is 0 Å². The van der Waals surface area contributed by atoms with Crippen molar-refractivity contribution < 1.29 is 14.8 Å². The minimum atomic E-state index is -1.10. The van der Waals surface area contributed by atoms with Gasteiger partial charge in [0.2, 0.25) is 5.54 Å². The van der Waals surface area contributed by atoms with Gasteiger partial charge in [-0.05, 0) is 20.3 Å². The van der Waals surface area contributed by atoms with Crippen molar-refractivity contribution in [3.63, 3.8) is 0 Å². The van der Waals surface area contributed by atoms with Crippen molar-refractivity contribution in [2.75, 3.05) is 0 Å². The van der Waals surface area contributed by atoms with Crippen LogP contribution in [0.25, 0.3) is 0 Å². The standard InChI is InChI=1S/C10H17NO4/c1-7(12)8-6-9(2,11(14)15)4-5-10(8,3)13/h8,13H,4-6H2,1-3H3/t8-,9+,10+/m0/s1. The number of aliphatic hydroxyl groups is 1. The van der Waals surface area contributed by atoms with Crippen molar-refractivity contribution in [1.82, 2.24) is 0 Å². The number of rotatable bonds is 2. The molecule has 0 aliphatic heterocycles. The van der Waals surface area contributed by atoms with Gasteiger partial charge in [0.25, 0.3) is 0 Å². The molecule has 0 amide bonds. The molecule has 5 nitrogen and oxygen atoms in total. The molecule has 1 aliphatic rings. The molecule has 0 radical (unpaired) electrons. The van der Waals surface area contributed by atoms with Crippen LogP contribution >= 0.6 is 0 Å². The van der Waals surface area contributed by atoms with Gasteiger partial charge in [-0.1, -0.05) is 0 Å². The van der Waals surface area contributed by atoms with Crippen LogP contribution < -0.4 is 0 Å². The van der Waals surface area contributed by atoms with Crippen LogP contribution in [0.3, 0.4) is 0 Å². The van der Waals surface area contributed by atoms with E-state index in [1.54, 1.807) is 6.92 Å². The van der Waals surface area contributed by atoms with E-state index >= 15 is 0 Å². The average molecular weight is 215 g/mol. The number of nitro groups is 1. The van der Waals surface area contributed by atoms with Crippen LogP contribution in [-0.2, 0) is 4.79 Å². The maximum atomic E-state index is 11.3. The number of carbonyl (C=O) groups excluding carboxylic acids is 1. The molecule has 1 rings (SSSR count). The first-order valence-electron chi connectivity index (χ1n) is 5.06. The fourth-order valence-corrected chi connectivity index (χ4v) is 2.21. The number of carbonyl (C=O) groups is 1. The molecule has 0 aromatic heterocycles. The Hall–Kier alpha value is -0.970. The highest BCUT2D eigenvalue weighted by Crippen LogP contribution is 2.40. The summed E-state index contributed by atoms with van der Waals surface area (Å²) in [4.78, 5) is 21.9. The van der Waals surface area contributed by atoms with Crippen LogP contribution in [0.1, 0.15) is 40.0 Å². The molecule has 0 bridgehead atoms. The van der Waals surface area contributed by atoms with Gasteiger partial charge in [-0.3, -0.25) is 14.9 Å². The number of nitrogens with zero attached hydrogens (tertiary/aromatic N) is 1. The molecule has 5 heteroatoms. The Morgan fingerprint density at radius 2 is 2.00 bits per heavy atom. The summed E-state index contributed by atoms with van der Waals surface area (Å²) in [6.45, 7) is 4.50. The summed E-state index contributed by atoms with van der Waals surface area (Å²) in [6, 6.07) is 0. The lowest BCUT2D eigenvalue weighted by Crippen LogP contribution is -2.52. The molecular formula is C10H17NO4. The first kappa shape index (κ1) is 12.1. The van der Waals surface area contributed by atoms with Gasteiger partial charge in [0.05, 0.1) is 11.5 Å². The van der Waals surface area contributed by atoms with Gasteiger partial charge in [-0.2, -0.15) is 0 Å². The van der Waals surface area contributed by atoms with Gasteiger partial charge in [-0.15, -0.1) is 0 Å². The maximum Gasteiger partial charge on any atom is 0.220 e. The third kappa shape index (κ3) is 2.17. The van der Waals surface area contributed by atoms with Crippen LogP contribution in [0.15, 0.2) is 0 Å². The predicted molar refractivity (Wildman–Crippen MR) is 54.0 cm³/mol. The van der Waals surface area contributed by atoms with E-state index in [1.807, 2.05) is 0 Å². The SMILES string of the molecule is CC(=O)[C@@H]1C[C@](C)([N+](=O)[O-])CC[C@@]1(C)O. The Morgan fingerprint density at radius 1 is 1.47 bits per heavy atom. The van der Waals surface area contributed by atoms with E-state index in [0.717, 1.165) is 0 Å². The van der Waals surface area contributed by atoms with Crippen molar-refractivity contribution in [3.8, 4) is 0 Å². The van der Waals surface area contributed by atoms with Gasteiger partial charge in [0.15, 0.2) is 0 Å². The monoisotopic (exact) mass is 215 g/mol.